The molecule has 0 rings (SSSR count). The number of carbonyl (C=O) groups is 1. The van der Waals surface area contributed by atoms with E-state index in [9.17, 15) is 9.18 Å². The summed E-state index contributed by atoms with van der Waals surface area (Å²) in [4.78, 5) is 10.1. The molecule has 118 valence electrons. The van der Waals surface area contributed by atoms with E-state index in [1.807, 2.05) is 0 Å². The third kappa shape index (κ3) is 17.3. The highest BCUT2D eigenvalue weighted by Crippen LogP contribution is 2.10. The molecule has 0 atom stereocenters. The maximum atomic E-state index is 11.9. The van der Waals surface area contributed by atoms with Crippen molar-refractivity contribution in [3.05, 3.63) is 12.2 Å². The molecule has 0 aliphatic heterocycles. The van der Waals surface area contributed by atoms with Crippen LogP contribution in [0.15, 0.2) is 12.2 Å². The molecule has 0 N–H and O–H groups in total. The van der Waals surface area contributed by atoms with Crippen LogP contribution in [0, 0.1) is 0 Å². The Morgan fingerprint density at radius 2 is 1.20 bits per heavy atom. The van der Waals surface area contributed by atoms with Crippen LogP contribution in [-0.4, -0.2) is 6.04 Å². The first-order chi connectivity index (χ1) is 9.77. The van der Waals surface area contributed by atoms with Crippen LogP contribution in [0.3, 0.4) is 0 Å². The highest BCUT2D eigenvalue weighted by molar-refractivity contribution is 5.67. The summed E-state index contributed by atoms with van der Waals surface area (Å²) in [6, 6.07) is -1.16. The van der Waals surface area contributed by atoms with Crippen LogP contribution in [0.1, 0.15) is 96.8 Å². The Labute approximate surface area is 125 Å². The van der Waals surface area contributed by atoms with Crippen molar-refractivity contribution in [3.8, 4) is 0 Å². The Balaban J connectivity index is 3.07. The molecule has 0 aliphatic rings. The molecule has 0 bridgehead atoms. The second-order valence-electron chi connectivity index (χ2n) is 5.69. The number of allylic oxidation sites excluding steroid dienone is 2. The minimum atomic E-state index is -1.16. The zero-order chi connectivity index (χ0) is 14.9. The highest BCUT2D eigenvalue weighted by atomic mass is 19.1. The van der Waals surface area contributed by atoms with Crippen LogP contribution in [-0.2, 0) is 4.79 Å². The normalized spacial score (nSPS) is 11.3. The first-order valence-electron chi connectivity index (χ1n) is 8.60. The molecule has 0 fully saturated rings. The Kier molecular flexibility index (Phi) is 15.9. The second-order valence-corrected chi connectivity index (χ2v) is 5.69. The van der Waals surface area contributed by atoms with Crippen molar-refractivity contribution in [1.29, 1.82) is 0 Å². The van der Waals surface area contributed by atoms with Gasteiger partial charge in [-0.05, 0) is 32.1 Å². The van der Waals surface area contributed by atoms with E-state index in [1.54, 1.807) is 0 Å². The Morgan fingerprint density at radius 1 is 0.750 bits per heavy atom. The Bertz CT molecular complexity index is 236. The molecule has 0 aromatic carbocycles. The quantitative estimate of drug-likeness (QED) is 0.190. The monoisotopic (exact) mass is 284 g/mol. The minimum Gasteiger partial charge on any atom is -0.261 e. The Hall–Kier alpha value is -0.660. The molecule has 2 heteroatoms. The molecule has 0 aromatic heterocycles. The van der Waals surface area contributed by atoms with Gasteiger partial charge in [0.1, 0.15) is 0 Å². The van der Waals surface area contributed by atoms with Gasteiger partial charge in [0.25, 0.3) is 0 Å². The van der Waals surface area contributed by atoms with E-state index in [0.717, 1.165) is 19.3 Å². The lowest BCUT2D eigenvalue weighted by atomic mass is 10.1. The first-order valence-corrected chi connectivity index (χ1v) is 8.60. The van der Waals surface area contributed by atoms with E-state index in [0.29, 0.717) is 6.42 Å². The number of unbranched alkanes of at least 4 members (excludes halogenated alkanes) is 11. The average molecular weight is 284 g/mol. The molecule has 20 heavy (non-hydrogen) atoms. The maximum absolute atomic E-state index is 11.9. The minimum absolute atomic E-state index is 0.109. The molecule has 1 nitrogen and oxygen atoms in total. The summed E-state index contributed by atoms with van der Waals surface area (Å²) in [5, 5.41) is 0. The lowest BCUT2D eigenvalue weighted by Crippen LogP contribution is -1.87. The van der Waals surface area contributed by atoms with Crippen molar-refractivity contribution in [1.82, 2.24) is 0 Å². The molecule has 0 aliphatic carbocycles. The second kappa shape index (κ2) is 16.4. The number of hydrogen-bond acceptors (Lipinski definition) is 1. The zero-order valence-electron chi connectivity index (χ0n) is 13.3. The molecule has 0 aromatic rings. The van der Waals surface area contributed by atoms with Gasteiger partial charge in [-0.1, -0.05) is 70.4 Å². The topological polar surface area (TPSA) is 17.1 Å². The van der Waals surface area contributed by atoms with Gasteiger partial charge in [0.05, 0.1) is 0 Å². The largest absolute Gasteiger partial charge is 0.301 e. The van der Waals surface area contributed by atoms with E-state index >= 15 is 0 Å². The summed E-state index contributed by atoms with van der Waals surface area (Å²) in [6.07, 6.45) is 20.6. The third-order valence-electron chi connectivity index (χ3n) is 3.64. The number of carbonyl (C=O) groups excluding carboxylic acids is 1. The summed E-state index contributed by atoms with van der Waals surface area (Å²) in [5.74, 6) is 0. The van der Waals surface area contributed by atoms with Crippen molar-refractivity contribution in [3.63, 3.8) is 0 Å². The molecular formula is C18H33FO. The SMILES string of the molecule is CCCCCCCC/C=C\CCCCCCCC(=O)F. The zero-order valence-corrected chi connectivity index (χ0v) is 13.3. The third-order valence-corrected chi connectivity index (χ3v) is 3.64. The van der Waals surface area contributed by atoms with Crippen molar-refractivity contribution in [2.45, 2.75) is 96.8 Å². The molecular weight excluding hydrogens is 251 g/mol. The lowest BCUT2D eigenvalue weighted by molar-refractivity contribution is -0.129. The van der Waals surface area contributed by atoms with Gasteiger partial charge in [0, 0.05) is 6.42 Å². The first kappa shape index (κ1) is 19.3. The maximum Gasteiger partial charge on any atom is 0.301 e. The van der Waals surface area contributed by atoms with E-state index in [-0.39, 0.29) is 6.42 Å². The molecule has 0 saturated carbocycles. The standard InChI is InChI=1S/C18H33FO/c1-2-3-4-5-6-7-8-9-10-11-12-13-14-15-16-17-18(19)20/h9-10H,2-8,11-17H2,1H3/b10-9-. The fraction of sp³-hybridized carbons (Fsp3) is 0.833. The van der Waals surface area contributed by atoms with Gasteiger partial charge < -0.3 is 0 Å². The highest BCUT2D eigenvalue weighted by Gasteiger charge is 1.96. The van der Waals surface area contributed by atoms with Gasteiger partial charge in [-0.3, -0.25) is 4.79 Å². The van der Waals surface area contributed by atoms with Crippen molar-refractivity contribution in [2.24, 2.45) is 0 Å². The van der Waals surface area contributed by atoms with Crippen molar-refractivity contribution >= 4 is 6.04 Å². The van der Waals surface area contributed by atoms with E-state index in [1.165, 1.54) is 57.8 Å². The Morgan fingerprint density at radius 3 is 1.70 bits per heavy atom. The van der Waals surface area contributed by atoms with Crippen LogP contribution in [0.5, 0.6) is 0 Å². The summed E-state index contributed by atoms with van der Waals surface area (Å²) in [6.45, 7) is 2.25. The number of rotatable bonds is 15. The van der Waals surface area contributed by atoms with Crippen LogP contribution in [0.25, 0.3) is 0 Å². The summed E-state index contributed by atoms with van der Waals surface area (Å²) in [5.41, 5.74) is 0. The summed E-state index contributed by atoms with van der Waals surface area (Å²) < 4.78 is 11.9. The molecule has 0 radical (unpaired) electrons. The van der Waals surface area contributed by atoms with E-state index < -0.39 is 6.04 Å². The van der Waals surface area contributed by atoms with Crippen LogP contribution < -0.4 is 0 Å². The fourth-order valence-corrected chi connectivity index (χ4v) is 2.33. The smallest absolute Gasteiger partial charge is 0.261 e. The molecule has 0 saturated heterocycles. The van der Waals surface area contributed by atoms with Gasteiger partial charge in [-0.15, -0.1) is 0 Å². The predicted molar refractivity (Wildman–Crippen MR) is 85.6 cm³/mol. The predicted octanol–water partition coefficient (Wildman–Crippen LogP) is 6.52. The van der Waals surface area contributed by atoms with E-state index in [4.69, 9.17) is 0 Å². The van der Waals surface area contributed by atoms with Crippen LogP contribution in [0.4, 0.5) is 4.39 Å². The van der Waals surface area contributed by atoms with Crippen molar-refractivity contribution < 1.29 is 9.18 Å². The van der Waals surface area contributed by atoms with Gasteiger partial charge >= 0.3 is 6.04 Å². The van der Waals surface area contributed by atoms with Crippen LogP contribution in [0.2, 0.25) is 0 Å². The van der Waals surface area contributed by atoms with Crippen LogP contribution >= 0.6 is 0 Å². The average Bonchev–Trinajstić information content (AvgIpc) is 2.43. The fourth-order valence-electron chi connectivity index (χ4n) is 2.33. The summed E-state index contributed by atoms with van der Waals surface area (Å²) >= 11 is 0. The van der Waals surface area contributed by atoms with Gasteiger partial charge in [0.2, 0.25) is 0 Å². The summed E-state index contributed by atoms with van der Waals surface area (Å²) in [7, 11) is 0. The van der Waals surface area contributed by atoms with Gasteiger partial charge in [-0.2, -0.15) is 4.39 Å². The van der Waals surface area contributed by atoms with Gasteiger partial charge in [-0.25, -0.2) is 0 Å². The number of halogens is 1. The van der Waals surface area contributed by atoms with Gasteiger partial charge in [0.15, 0.2) is 0 Å². The molecule has 0 amide bonds. The van der Waals surface area contributed by atoms with Crippen molar-refractivity contribution in [2.75, 3.05) is 0 Å². The molecule has 0 unspecified atom stereocenters. The van der Waals surface area contributed by atoms with E-state index in [2.05, 4.69) is 19.1 Å². The lowest BCUT2D eigenvalue weighted by Gasteiger charge is -1.99. The number of hydrogen-bond donors (Lipinski definition) is 0. The molecule has 0 spiro atoms. The molecule has 0 heterocycles.